The van der Waals surface area contributed by atoms with Gasteiger partial charge in [-0.05, 0) is 48.8 Å². The Balaban J connectivity index is 1.91. The standard InChI is InChI=1S/C17H28N2O/c1-3-13-4-8-15(9-5-13)17(19-18)12-14-6-10-16(20-2)11-7-14/h6-7,10-11,13,15,17,19H,3-5,8-9,12,18H2,1-2H3. The van der Waals surface area contributed by atoms with Crippen molar-refractivity contribution in [3.63, 3.8) is 0 Å². The van der Waals surface area contributed by atoms with Crippen molar-refractivity contribution in [1.29, 1.82) is 0 Å². The Morgan fingerprint density at radius 1 is 1.20 bits per heavy atom. The molecule has 0 saturated heterocycles. The van der Waals surface area contributed by atoms with Crippen LogP contribution in [0.25, 0.3) is 0 Å². The van der Waals surface area contributed by atoms with Crippen LogP contribution in [0.4, 0.5) is 0 Å². The average Bonchev–Trinajstić information content (AvgIpc) is 2.53. The molecule has 0 aromatic heterocycles. The van der Waals surface area contributed by atoms with E-state index >= 15 is 0 Å². The molecule has 0 radical (unpaired) electrons. The average molecular weight is 276 g/mol. The second-order valence-electron chi connectivity index (χ2n) is 6.01. The van der Waals surface area contributed by atoms with Gasteiger partial charge in [0.1, 0.15) is 5.75 Å². The van der Waals surface area contributed by atoms with E-state index in [-0.39, 0.29) is 0 Å². The number of nitrogens with two attached hydrogens (primary N) is 1. The van der Waals surface area contributed by atoms with E-state index in [2.05, 4.69) is 24.5 Å². The first-order chi connectivity index (χ1) is 9.76. The number of nitrogens with one attached hydrogen (secondary N) is 1. The van der Waals surface area contributed by atoms with Crippen LogP contribution in [-0.2, 0) is 6.42 Å². The van der Waals surface area contributed by atoms with E-state index in [0.717, 1.165) is 18.1 Å². The quantitative estimate of drug-likeness (QED) is 0.619. The minimum atomic E-state index is 0.390. The van der Waals surface area contributed by atoms with Crippen LogP contribution in [0.2, 0.25) is 0 Å². The van der Waals surface area contributed by atoms with Crippen molar-refractivity contribution in [3.05, 3.63) is 29.8 Å². The van der Waals surface area contributed by atoms with Gasteiger partial charge in [-0.3, -0.25) is 11.3 Å². The summed E-state index contributed by atoms with van der Waals surface area (Å²) in [5.41, 5.74) is 4.38. The molecule has 1 unspecified atom stereocenters. The van der Waals surface area contributed by atoms with Gasteiger partial charge in [-0.25, -0.2) is 0 Å². The minimum absolute atomic E-state index is 0.390. The monoisotopic (exact) mass is 276 g/mol. The molecule has 1 fully saturated rings. The van der Waals surface area contributed by atoms with Crippen LogP contribution in [-0.4, -0.2) is 13.2 Å². The van der Waals surface area contributed by atoms with Crippen LogP contribution in [0.5, 0.6) is 5.75 Å². The van der Waals surface area contributed by atoms with E-state index in [1.807, 2.05) is 12.1 Å². The molecular weight excluding hydrogens is 248 g/mol. The molecule has 2 rings (SSSR count). The van der Waals surface area contributed by atoms with Crippen LogP contribution in [0.1, 0.15) is 44.6 Å². The maximum Gasteiger partial charge on any atom is 0.118 e. The lowest BCUT2D eigenvalue weighted by Crippen LogP contribution is -2.43. The Morgan fingerprint density at radius 3 is 2.35 bits per heavy atom. The van der Waals surface area contributed by atoms with Crippen LogP contribution >= 0.6 is 0 Å². The Labute approximate surface area is 122 Å². The predicted octanol–water partition coefficient (Wildman–Crippen LogP) is 3.29. The third kappa shape index (κ3) is 3.97. The first kappa shape index (κ1) is 15.3. The van der Waals surface area contributed by atoms with Gasteiger partial charge >= 0.3 is 0 Å². The van der Waals surface area contributed by atoms with Gasteiger partial charge < -0.3 is 4.74 Å². The van der Waals surface area contributed by atoms with Gasteiger partial charge in [0.2, 0.25) is 0 Å². The maximum absolute atomic E-state index is 5.80. The number of hydrogen-bond donors (Lipinski definition) is 2. The van der Waals surface area contributed by atoms with Gasteiger partial charge in [0.05, 0.1) is 7.11 Å². The van der Waals surface area contributed by atoms with Gasteiger partial charge in [0.25, 0.3) is 0 Å². The lowest BCUT2D eigenvalue weighted by Gasteiger charge is -2.33. The molecular formula is C17H28N2O. The lowest BCUT2D eigenvalue weighted by atomic mass is 9.76. The zero-order valence-electron chi connectivity index (χ0n) is 12.8. The van der Waals surface area contributed by atoms with Crippen molar-refractivity contribution in [2.45, 2.75) is 51.5 Å². The van der Waals surface area contributed by atoms with Crippen molar-refractivity contribution >= 4 is 0 Å². The molecule has 0 aliphatic heterocycles. The van der Waals surface area contributed by atoms with E-state index in [1.54, 1.807) is 7.11 Å². The largest absolute Gasteiger partial charge is 0.497 e. The highest BCUT2D eigenvalue weighted by Gasteiger charge is 2.26. The third-order valence-corrected chi connectivity index (χ3v) is 4.87. The van der Waals surface area contributed by atoms with E-state index in [1.165, 1.54) is 37.7 Å². The summed E-state index contributed by atoms with van der Waals surface area (Å²) in [6.07, 6.45) is 7.67. The van der Waals surface area contributed by atoms with Gasteiger partial charge in [-0.15, -0.1) is 0 Å². The van der Waals surface area contributed by atoms with Crippen molar-refractivity contribution in [3.8, 4) is 5.75 Å². The van der Waals surface area contributed by atoms with Crippen LogP contribution < -0.4 is 16.0 Å². The summed E-state index contributed by atoms with van der Waals surface area (Å²) >= 11 is 0. The molecule has 1 aromatic rings. The topological polar surface area (TPSA) is 47.3 Å². The summed E-state index contributed by atoms with van der Waals surface area (Å²) < 4.78 is 5.20. The highest BCUT2D eigenvalue weighted by molar-refractivity contribution is 5.27. The molecule has 0 heterocycles. The number of benzene rings is 1. The SMILES string of the molecule is CCC1CCC(C(Cc2ccc(OC)cc2)NN)CC1. The molecule has 1 aliphatic rings. The van der Waals surface area contributed by atoms with E-state index < -0.39 is 0 Å². The van der Waals surface area contributed by atoms with Crippen molar-refractivity contribution in [1.82, 2.24) is 5.43 Å². The number of methoxy groups -OCH3 is 1. The molecule has 1 atom stereocenters. The van der Waals surface area contributed by atoms with Crippen molar-refractivity contribution in [2.75, 3.05) is 7.11 Å². The first-order valence-corrected chi connectivity index (χ1v) is 7.85. The lowest BCUT2D eigenvalue weighted by molar-refractivity contribution is 0.217. The zero-order valence-corrected chi connectivity index (χ0v) is 12.8. The molecule has 1 aliphatic carbocycles. The summed E-state index contributed by atoms with van der Waals surface area (Å²) in [5.74, 6) is 8.36. The van der Waals surface area contributed by atoms with Crippen LogP contribution in [0.15, 0.2) is 24.3 Å². The number of hydrogen-bond acceptors (Lipinski definition) is 3. The fourth-order valence-electron chi connectivity index (χ4n) is 3.38. The highest BCUT2D eigenvalue weighted by atomic mass is 16.5. The normalized spacial score (nSPS) is 24.4. The molecule has 0 bridgehead atoms. The van der Waals surface area contributed by atoms with E-state index in [9.17, 15) is 0 Å². The number of rotatable bonds is 6. The Kier molecular flexibility index (Phi) is 5.86. The van der Waals surface area contributed by atoms with Crippen LogP contribution in [0, 0.1) is 11.8 Å². The Hall–Kier alpha value is -1.06. The fraction of sp³-hybridized carbons (Fsp3) is 0.647. The molecule has 0 spiro atoms. The minimum Gasteiger partial charge on any atom is -0.497 e. The maximum atomic E-state index is 5.80. The predicted molar refractivity (Wildman–Crippen MR) is 83.5 cm³/mol. The molecule has 20 heavy (non-hydrogen) atoms. The van der Waals surface area contributed by atoms with Gasteiger partial charge in [-0.2, -0.15) is 0 Å². The third-order valence-electron chi connectivity index (χ3n) is 4.87. The van der Waals surface area contributed by atoms with E-state index in [4.69, 9.17) is 10.6 Å². The van der Waals surface area contributed by atoms with Crippen LogP contribution in [0.3, 0.4) is 0 Å². The summed E-state index contributed by atoms with van der Waals surface area (Å²) in [7, 11) is 1.70. The van der Waals surface area contributed by atoms with Gasteiger partial charge in [0, 0.05) is 6.04 Å². The first-order valence-electron chi connectivity index (χ1n) is 7.85. The molecule has 3 nitrogen and oxygen atoms in total. The number of hydrazine groups is 1. The second kappa shape index (κ2) is 7.65. The van der Waals surface area contributed by atoms with Gasteiger partial charge in [0.15, 0.2) is 0 Å². The summed E-state index contributed by atoms with van der Waals surface area (Å²) in [4.78, 5) is 0. The summed E-state index contributed by atoms with van der Waals surface area (Å²) in [6.45, 7) is 2.31. The molecule has 3 N–H and O–H groups in total. The van der Waals surface area contributed by atoms with Crippen molar-refractivity contribution in [2.24, 2.45) is 17.7 Å². The van der Waals surface area contributed by atoms with Gasteiger partial charge in [-0.1, -0.05) is 38.3 Å². The summed E-state index contributed by atoms with van der Waals surface area (Å²) in [5, 5.41) is 0. The summed E-state index contributed by atoms with van der Waals surface area (Å²) in [6, 6.07) is 8.72. The Morgan fingerprint density at radius 2 is 1.85 bits per heavy atom. The smallest absolute Gasteiger partial charge is 0.118 e. The number of ether oxygens (including phenoxy) is 1. The Bertz CT molecular complexity index is 382. The second-order valence-corrected chi connectivity index (χ2v) is 6.01. The molecule has 1 saturated carbocycles. The zero-order chi connectivity index (χ0) is 14.4. The molecule has 112 valence electrons. The molecule has 3 heteroatoms. The fourth-order valence-corrected chi connectivity index (χ4v) is 3.38. The van der Waals surface area contributed by atoms with Crippen molar-refractivity contribution < 1.29 is 4.74 Å². The van der Waals surface area contributed by atoms with E-state index in [0.29, 0.717) is 12.0 Å². The molecule has 1 aromatic carbocycles. The highest BCUT2D eigenvalue weighted by Crippen LogP contribution is 2.33. The molecule has 0 amide bonds.